The topological polar surface area (TPSA) is 46.3 Å². The number of carbonyl (C=O) groups is 1. The van der Waals surface area contributed by atoms with Crippen molar-refractivity contribution in [2.75, 3.05) is 12.3 Å². The zero-order chi connectivity index (χ0) is 15.3. The molecule has 1 aromatic rings. The summed E-state index contributed by atoms with van der Waals surface area (Å²) in [5, 5.41) is 0.583. The Balaban J connectivity index is 3.00. The first-order chi connectivity index (χ1) is 9.38. The van der Waals surface area contributed by atoms with Crippen LogP contribution in [0, 0.1) is 0 Å². The number of unbranched alkanes of at least 4 members (excludes halogenated alkanes) is 2. The van der Waals surface area contributed by atoms with Crippen molar-refractivity contribution in [1.29, 1.82) is 0 Å². The molecule has 0 saturated carbocycles. The summed E-state index contributed by atoms with van der Waals surface area (Å²) in [6.07, 6.45) is 3.20. The third-order valence-corrected chi connectivity index (χ3v) is 3.97. The van der Waals surface area contributed by atoms with Gasteiger partial charge in [0, 0.05) is 18.3 Å². The number of hydrogen-bond acceptors (Lipinski definition) is 2. The lowest BCUT2D eigenvalue weighted by Crippen LogP contribution is -2.38. The molecule has 0 bridgehead atoms. The molecule has 1 amide bonds. The molecule has 112 valence electrons. The highest BCUT2D eigenvalue weighted by molar-refractivity contribution is 6.44. The van der Waals surface area contributed by atoms with Crippen molar-refractivity contribution in [2.24, 2.45) is 0 Å². The van der Waals surface area contributed by atoms with Gasteiger partial charge in [0.2, 0.25) is 0 Å². The first-order valence-corrected chi connectivity index (χ1v) is 7.69. The van der Waals surface area contributed by atoms with E-state index in [4.69, 9.17) is 28.9 Å². The van der Waals surface area contributed by atoms with Crippen molar-refractivity contribution in [2.45, 2.75) is 46.1 Å². The van der Waals surface area contributed by atoms with Crippen LogP contribution in [0.3, 0.4) is 0 Å². The molecular formula is C15H22Cl2N2O. The second-order valence-corrected chi connectivity index (χ2v) is 5.95. The zero-order valence-corrected chi connectivity index (χ0v) is 13.8. The molecule has 0 aliphatic carbocycles. The molecule has 0 heterocycles. The van der Waals surface area contributed by atoms with Gasteiger partial charge in [0.25, 0.3) is 5.91 Å². The minimum atomic E-state index is -0.115. The van der Waals surface area contributed by atoms with Gasteiger partial charge in [-0.15, -0.1) is 0 Å². The van der Waals surface area contributed by atoms with Gasteiger partial charge < -0.3 is 10.6 Å². The number of halogens is 2. The highest BCUT2D eigenvalue weighted by Crippen LogP contribution is 2.30. The quantitative estimate of drug-likeness (QED) is 0.615. The van der Waals surface area contributed by atoms with E-state index in [0.717, 1.165) is 19.3 Å². The summed E-state index contributed by atoms with van der Waals surface area (Å²) in [6.45, 7) is 6.83. The van der Waals surface area contributed by atoms with E-state index in [1.807, 2.05) is 18.7 Å². The molecule has 0 radical (unpaired) electrons. The summed E-state index contributed by atoms with van der Waals surface area (Å²) < 4.78 is 0. The van der Waals surface area contributed by atoms with E-state index in [-0.39, 0.29) is 17.0 Å². The van der Waals surface area contributed by atoms with E-state index in [1.54, 1.807) is 12.1 Å². The summed E-state index contributed by atoms with van der Waals surface area (Å²) in [5.74, 6) is -0.115. The lowest BCUT2D eigenvalue weighted by molar-refractivity contribution is 0.0702. The van der Waals surface area contributed by atoms with E-state index < -0.39 is 0 Å². The van der Waals surface area contributed by atoms with Crippen LogP contribution in [0.25, 0.3) is 0 Å². The van der Waals surface area contributed by atoms with Gasteiger partial charge in [0.1, 0.15) is 0 Å². The van der Waals surface area contributed by atoms with Crippen LogP contribution in [0.15, 0.2) is 12.1 Å². The molecule has 1 aromatic carbocycles. The van der Waals surface area contributed by atoms with Gasteiger partial charge in [-0.3, -0.25) is 4.79 Å². The van der Waals surface area contributed by atoms with E-state index >= 15 is 0 Å². The second kappa shape index (κ2) is 7.75. The number of benzene rings is 1. The lowest BCUT2D eigenvalue weighted by atomic mass is 10.1. The van der Waals surface area contributed by atoms with Gasteiger partial charge in [-0.25, -0.2) is 0 Å². The number of carbonyl (C=O) groups excluding carboxylic acids is 1. The Bertz CT molecular complexity index is 475. The molecule has 0 aliphatic heterocycles. The van der Waals surface area contributed by atoms with Gasteiger partial charge >= 0.3 is 0 Å². The highest BCUT2D eigenvalue weighted by atomic mass is 35.5. The van der Waals surface area contributed by atoms with Crippen LogP contribution in [0.4, 0.5) is 5.69 Å². The first-order valence-electron chi connectivity index (χ1n) is 6.94. The van der Waals surface area contributed by atoms with Crippen molar-refractivity contribution >= 4 is 34.8 Å². The number of amides is 1. The molecule has 0 unspecified atom stereocenters. The van der Waals surface area contributed by atoms with Crippen LogP contribution in [0.1, 0.15) is 50.4 Å². The van der Waals surface area contributed by atoms with Crippen LogP contribution in [0.2, 0.25) is 10.0 Å². The minimum absolute atomic E-state index is 0.107. The Morgan fingerprint density at radius 2 is 1.95 bits per heavy atom. The van der Waals surface area contributed by atoms with Crippen LogP contribution in [0.5, 0.6) is 0 Å². The second-order valence-electron chi connectivity index (χ2n) is 5.16. The first kappa shape index (κ1) is 17.1. The molecule has 2 N–H and O–H groups in total. The van der Waals surface area contributed by atoms with Crippen LogP contribution >= 0.6 is 23.2 Å². The molecule has 1 rings (SSSR count). The average molecular weight is 317 g/mol. The number of anilines is 1. The molecular weight excluding hydrogens is 295 g/mol. The summed E-state index contributed by atoms with van der Waals surface area (Å²) in [4.78, 5) is 14.4. The molecule has 0 spiro atoms. The molecule has 0 atom stereocenters. The van der Waals surface area contributed by atoms with Crippen LogP contribution in [-0.4, -0.2) is 23.4 Å². The monoisotopic (exact) mass is 316 g/mol. The molecule has 5 heteroatoms. The van der Waals surface area contributed by atoms with E-state index in [0.29, 0.717) is 22.8 Å². The maximum atomic E-state index is 12.6. The average Bonchev–Trinajstić information content (AvgIpc) is 2.37. The summed E-state index contributed by atoms with van der Waals surface area (Å²) in [6, 6.07) is 3.25. The van der Waals surface area contributed by atoms with E-state index in [9.17, 15) is 4.79 Å². The van der Waals surface area contributed by atoms with Gasteiger partial charge in [-0.1, -0.05) is 43.0 Å². The molecule has 3 nitrogen and oxygen atoms in total. The third-order valence-electron chi connectivity index (χ3n) is 3.17. The fraction of sp³-hybridized carbons (Fsp3) is 0.533. The highest BCUT2D eigenvalue weighted by Gasteiger charge is 2.22. The van der Waals surface area contributed by atoms with Gasteiger partial charge in [0.15, 0.2) is 0 Å². The summed E-state index contributed by atoms with van der Waals surface area (Å²) >= 11 is 12.1. The van der Waals surface area contributed by atoms with Crippen molar-refractivity contribution in [1.82, 2.24) is 4.90 Å². The maximum Gasteiger partial charge on any atom is 0.255 e. The predicted molar refractivity (Wildman–Crippen MR) is 86.6 cm³/mol. The summed E-state index contributed by atoms with van der Waals surface area (Å²) in [5.41, 5.74) is 6.57. The molecule has 20 heavy (non-hydrogen) atoms. The molecule has 0 aromatic heterocycles. The SMILES string of the molecule is CCCCCN(C(=O)c1cc(N)cc(Cl)c1Cl)C(C)C. The van der Waals surface area contributed by atoms with Crippen molar-refractivity contribution in [3.8, 4) is 0 Å². The molecule has 0 fully saturated rings. The number of hydrogen-bond donors (Lipinski definition) is 1. The van der Waals surface area contributed by atoms with Crippen molar-refractivity contribution in [3.05, 3.63) is 27.7 Å². The normalized spacial score (nSPS) is 10.9. The van der Waals surface area contributed by atoms with E-state index in [1.165, 1.54) is 0 Å². The standard InChI is InChI=1S/C15H22Cl2N2O/c1-4-5-6-7-19(10(2)3)15(20)12-8-11(18)9-13(16)14(12)17/h8-10H,4-7,18H2,1-3H3. The van der Waals surface area contributed by atoms with Crippen molar-refractivity contribution < 1.29 is 4.79 Å². The maximum absolute atomic E-state index is 12.6. The predicted octanol–water partition coefficient (Wildman–Crippen LogP) is 4.62. The fourth-order valence-corrected chi connectivity index (χ4v) is 2.46. The van der Waals surface area contributed by atoms with Gasteiger partial charge in [-0.05, 0) is 32.4 Å². The molecule has 0 saturated heterocycles. The Morgan fingerprint density at radius 1 is 1.30 bits per heavy atom. The zero-order valence-electron chi connectivity index (χ0n) is 12.2. The van der Waals surface area contributed by atoms with Crippen molar-refractivity contribution in [3.63, 3.8) is 0 Å². The Hall–Kier alpha value is -0.930. The number of rotatable bonds is 6. The van der Waals surface area contributed by atoms with Crippen LogP contribution in [-0.2, 0) is 0 Å². The van der Waals surface area contributed by atoms with Crippen LogP contribution < -0.4 is 5.73 Å². The Labute approximate surface area is 131 Å². The minimum Gasteiger partial charge on any atom is -0.399 e. The van der Waals surface area contributed by atoms with E-state index in [2.05, 4.69) is 6.92 Å². The Morgan fingerprint density at radius 3 is 2.50 bits per heavy atom. The largest absolute Gasteiger partial charge is 0.399 e. The lowest BCUT2D eigenvalue weighted by Gasteiger charge is -2.27. The number of nitrogens with zero attached hydrogens (tertiary/aromatic N) is 1. The fourth-order valence-electron chi connectivity index (χ4n) is 2.05. The van der Waals surface area contributed by atoms with Gasteiger partial charge in [0.05, 0.1) is 15.6 Å². The summed E-state index contributed by atoms with van der Waals surface area (Å²) in [7, 11) is 0. The number of nitrogen functional groups attached to an aromatic ring is 1. The third kappa shape index (κ3) is 4.29. The number of nitrogens with two attached hydrogens (primary N) is 1. The Kier molecular flexibility index (Phi) is 6.63. The molecule has 0 aliphatic rings. The smallest absolute Gasteiger partial charge is 0.255 e. The van der Waals surface area contributed by atoms with Gasteiger partial charge in [-0.2, -0.15) is 0 Å².